The Morgan fingerprint density at radius 1 is 0.120 bits per heavy atom. The maximum absolute atomic E-state index is 5.06. The van der Waals surface area contributed by atoms with E-state index >= 15 is 0 Å². The minimum atomic E-state index is 0.804. The number of hydrogen-bond donors (Lipinski definition) is 0. The largest absolute Gasteiger partial charge is 0.275 e. The van der Waals surface area contributed by atoms with Crippen molar-refractivity contribution >= 4 is 108 Å². The van der Waals surface area contributed by atoms with E-state index < -0.39 is 0 Å². The van der Waals surface area contributed by atoms with Crippen molar-refractivity contribution in [1.82, 2.24) is 64.0 Å². The maximum atomic E-state index is 5.06. The summed E-state index contributed by atoms with van der Waals surface area (Å²) in [5.41, 5.74) is 24.8. The summed E-state index contributed by atoms with van der Waals surface area (Å²) < 4.78 is 8.62. The van der Waals surface area contributed by atoms with Gasteiger partial charge in [-0.15, -0.1) is 40.8 Å². The Morgan fingerprint density at radius 3 is 0.560 bits per heavy atom. The molecule has 0 N–H and O–H groups in total. The van der Waals surface area contributed by atoms with Crippen LogP contribution in [0.1, 0.15) is 0 Å². The van der Waals surface area contributed by atoms with Crippen LogP contribution in [0.25, 0.3) is 277 Å². The van der Waals surface area contributed by atoms with Gasteiger partial charge >= 0.3 is 0 Å². The van der Waals surface area contributed by atoms with Crippen LogP contribution in [-0.2, 0) is 0 Å². The van der Waals surface area contributed by atoms with Gasteiger partial charge < -0.3 is 0 Å². The van der Waals surface area contributed by atoms with E-state index in [1.165, 1.54) is 125 Å². The van der Waals surface area contributed by atoms with Crippen molar-refractivity contribution in [2.45, 2.75) is 0 Å². The summed E-state index contributed by atoms with van der Waals surface area (Å²) in [6.07, 6.45) is 0. The predicted molar refractivity (Wildman–Crippen MR) is 616 cm³/mol. The van der Waals surface area contributed by atoms with Gasteiger partial charge in [-0.05, 0) is 202 Å². The molecule has 0 aliphatic carbocycles. The number of aromatic nitrogens is 13. The number of hydrogen-bond acceptors (Lipinski definition) is 9. The SMILES string of the molecule is c1ccc(-c2nnc(-c3ccccc3)n2-c2ccc(-c3ccc4ccc5c(-c6ccc(-n7c(-c8ccccc8)nnc7-c7ccccc7)cc6)ccc6ccc3c4c65)cc2)cc1.c1ccc(-c2nnc(-c3ccccc3)n2-c2ccc(-c3ccc4ccc5c(-c6ccc7ccccc7n6)ccc6ccc3c4c65)cc2)cc1.c1ccc(-c2nnc(-c3ccccc3)n2-c2ccc(-c3ccc4ccc5cccc6ccc3c4c56)cc2)cc1. The van der Waals surface area contributed by atoms with E-state index in [1.54, 1.807) is 0 Å². The minimum Gasteiger partial charge on any atom is -0.275 e. The molecular weight excluding hydrogens is 1830 g/mol. The Morgan fingerprint density at radius 2 is 0.307 bits per heavy atom. The molecule has 700 valence electrons. The fraction of sp³-hybridized carbons (Fsp3) is 0. The fourth-order valence-corrected chi connectivity index (χ4v) is 22.3. The number of fused-ring (bicyclic) bond motifs is 1. The molecule has 13 nitrogen and oxygen atoms in total. The predicted octanol–water partition coefficient (Wildman–Crippen LogP) is 34.3. The standard InChI is InChI=1S/C56H36N6.C45H28N4.C36H23N3/c1-5-13-41(14-6-1)53-57-58-54(42-15-7-2-8-16-42)61(53)45-29-21-37(22-30-45)47-33-25-39-28-36-50-48(34-26-40-27-35-49(47)51(39)52(40)50)38-23-31-46(32-24-38)62-55(43-17-9-3-10-18-43)59-60-56(62)44-19-11-4-12-20-44;1-3-10-33(11-4-1)44-47-48-45(34-12-5-2-6-13-34)49(44)35-22-15-29(16-23-35)36-24-17-31-20-27-39-37(25-18-32-19-26-38(36)42(31)43(32)39)41-28-21-30-9-7-8-14-40(30)46-41;1-3-8-28(9-4-1)35-37-38-36(29-10-5-2-6-11-29)39(35)30-20-16-24(17-21-30)31-22-18-27-15-14-25-12-7-13-26-19-23-32(31)34(27)33(25)26/h1-36H;1-28H;1-23H. The van der Waals surface area contributed by atoms with E-state index in [-0.39, 0.29) is 0 Å². The van der Waals surface area contributed by atoms with Crippen molar-refractivity contribution in [2.75, 3.05) is 0 Å². The van der Waals surface area contributed by atoms with Crippen LogP contribution in [0, 0.1) is 0 Å². The average molecular weight is 1920 g/mol. The van der Waals surface area contributed by atoms with E-state index in [0.29, 0.717) is 0 Å². The highest BCUT2D eigenvalue weighted by Gasteiger charge is 2.27. The molecule has 0 spiro atoms. The lowest BCUT2D eigenvalue weighted by Crippen LogP contribution is -2.00. The first-order chi connectivity index (χ1) is 74.4. The molecule has 0 bridgehead atoms. The van der Waals surface area contributed by atoms with Crippen molar-refractivity contribution in [3.63, 3.8) is 0 Å². The Hall–Kier alpha value is -20.4. The summed E-state index contributed by atoms with van der Waals surface area (Å²) in [4.78, 5) is 5.06. The van der Waals surface area contributed by atoms with Crippen LogP contribution in [0.3, 0.4) is 0 Å². The van der Waals surface area contributed by atoms with Gasteiger partial charge in [0.05, 0.1) is 11.2 Å². The zero-order chi connectivity index (χ0) is 99.1. The molecule has 0 radical (unpaired) electrons. The minimum absolute atomic E-state index is 0.804. The number of para-hydroxylation sites is 1. The molecule has 0 saturated heterocycles. The Balaban J connectivity index is 0.000000111. The molecule has 0 aliphatic heterocycles. The zero-order valence-corrected chi connectivity index (χ0v) is 81.0. The lowest BCUT2D eigenvalue weighted by molar-refractivity contribution is 1.07. The van der Waals surface area contributed by atoms with Gasteiger partial charge in [-0.1, -0.05) is 467 Å². The molecule has 30 rings (SSSR count). The van der Waals surface area contributed by atoms with Gasteiger partial charge in [0.25, 0.3) is 0 Å². The second-order valence-electron chi connectivity index (χ2n) is 38.0. The molecule has 0 aliphatic rings. The quantitative estimate of drug-likeness (QED) is 0.0816. The van der Waals surface area contributed by atoms with E-state index in [0.717, 1.165) is 153 Å². The van der Waals surface area contributed by atoms with Crippen LogP contribution in [0.15, 0.2) is 528 Å². The normalized spacial score (nSPS) is 11.6. The van der Waals surface area contributed by atoms with Crippen molar-refractivity contribution in [3.05, 3.63) is 528 Å². The van der Waals surface area contributed by atoms with Crippen molar-refractivity contribution < 1.29 is 0 Å². The molecule has 150 heavy (non-hydrogen) atoms. The molecule has 5 aromatic heterocycles. The van der Waals surface area contributed by atoms with Gasteiger partial charge in [0.1, 0.15) is 0 Å². The van der Waals surface area contributed by atoms with Gasteiger partial charge in [-0.3, -0.25) is 18.3 Å². The first kappa shape index (κ1) is 87.4. The van der Waals surface area contributed by atoms with Crippen LogP contribution >= 0.6 is 0 Å². The lowest BCUT2D eigenvalue weighted by Gasteiger charge is -2.17. The highest BCUT2D eigenvalue weighted by molar-refractivity contribution is 6.30. The van der Waals surface area contributed by atoms with Crippen molar-refractivity contribution in [3.8, 4) is 170 Å². The third-order valence-electron chi connectivity index (χ3n) is 29.4. The molecule has 0 fully saturated rings. The van der Waals surface area contributed by atoms with Crippen molar-refractivity contribution in [2.24, 2.45) is 0 Å². The topological polar surface area (TPSA) is 136 Å². The second kappa shape index (κ2) is 37.1. The Bertz CT molecular complexity index is 9770. The molecule has 0 unspecified atom stereocenters. The van der Waals surface area contributed by atoms with Crippen LogP contribution in [-0.4, -0.2) is 64.0 Å². The van der Waals surface area contributed by atoms with E-state index in [1.807, 2.05) is 152 Å². The number of pyridine rings is 1. The van der Waals surface area contributed by atoms with Gasteiger partial charge in [0.2, 0.25) is 0 Å². The number of benzene rings is 25. The van der Waals surface area contributed by atoms with E-state index in [4.69, 9.17) is 4.98 Å². The van der Waals surface area contributed by atoms with E-state index in [9.17, 15) is 0 Å². The summed E-state index contributed by atoms with van der Waals surface area (Å²) in [5.74, 6) is 6.49. The summed E-state index contributed by atoms with van der Waals surface area (Å²) in [5, 5.41) is 61.3. The molecule has 25 aromatic carbocycles. The highest BCUT2D eigenvalue weighted by Crippen LogP contribution is 2.48. The van der Waals surface area contributed by atoms with Crippen molar-refractivity contribution in [1.29, 1.82) is 0 Å². The number of rotatable bonds is 17. The smallest absolute Gasteiger partial charge is 0.168 e. The molecule has 5 heterocycles. The summed E-state index contributed by atoms with van der Waals surface area (Å²) in [6.45, 7) is 0. The van der Waals surface area contributed by atoms with Crippen LogP contribution in [0.2, 0.25) is 0 Å². The molecule has 0 amide bonds. The van der Waals surface area contributed by atoms with Crippen LogP contribution in [0.4, 0.5) is 0 Å². The zero-order valence-electron chi connectivity index (χ0n) is 81.0. The molecule has 0 atom stereocenters. The maximum Gasteiger partial charge on any atom is 0.168 e. The highest BCUT2D eigenvalue weighted by atomic mass is 15.3. The monoisotopic (exact) mass is 1910 g/mol. The average Bonchev–Trinajstić information content (AvgIpc) is 0.929. The van der Waals surface area contributed by atoms with Gasteiger partial charge in [0, 0.05) is 78.2 Å². The number of nitrogens with zero attached hydrogens (tertiary/aromatic N) is 13. The first-order valence-corrected chi connectivity index (χ1v) is 50.5. The van der Waals surface area contributed by atoms with Crippen LogP contribution in [0.5, 0.6) is 0 Å². The van der Waals surface area contributed by atoms with Gasteiger partial charge in [0.15, 0.2) is 46.6 Å². The summed E-state index contributed by atoms with van der Waals surface area (Å²) in [6, 6.07) is 186. The lowest BCUT2D eigenvalue weighted by atomic mass is 9.87. The molecule has 0 saturated carbocycles. The Labute approximate surface area is 863 Å². The van der Waals surface area contributed by atoms with Crippen LogP contribution < -0.4 is 0 Å². The second-order valence-corrected chi connectivity index (χ2v) is 38.0. The fourth-order valence-electron chi connectivity index (χ4n) is 22.3. The third kappa shape index (κ3) is 15.4. The summed E-state index contributed by atoms with van der Waals surface area (Å²) >= 11 is 0. The molecular formula is C137H87N13. The Kier molecular flexibility index (Phi) is 21.6. The van der Waals surface area contributed by atoms with Gasteiger partial charge in [-0.25, -0.2) is 4.98 Å². The molecule has 30 aromatic rings. The first-order valence-electron chi connectivity index (χ1n) is 50.5. The third-order valence-corrected chi connectivity index (χ3v) is 29.4. The molecule has 13 heteroatoms. The van der Waals surface area contributed by atoms with E-state index in [2.05, 4.69) is 435 Å². The summed E-state index contributed by atoms with van der Waals surface area (Å²) in [7, 11) is 0. The van der Waals surface area contributed by atoms with Gasteiger partial charge in [-0.2, -0.15) is 0 Å².